The lowest BCUT2D eigenvalue weighted by Gasteiger charge is -2.14. The molecular formula is C15H32O. The summed E-state index contributed by atoms with van der Waals surface area (Å²) in [4.78, 5) is 0. The third-order valence-electron chi connectivity index (χ3n) is 3.51. The molecule has 0 radical (unpaired) electrons. The Morgan fingerprint density at radius 2 is 1.44 bits per heavy atom. The fraction of sp³-hybridized carbons (Fsp3) is 1.00. The highest BCUT2D eigenvalue weighted by molar-refractivity contribution is 4.60. The zero-order chi connectivity index (χ0) is 12.2. The van der Waals surface area contributed by atoms with Crippen molar-refractivity contribution < 1.29 is 5.11 Å². The summed E-state index contributed by atoms with van der Waals surface area (Å²) < 4.78 is 0. The molecule has 0 amide bonds. The van der Waals surface area contributed by atoms with Gasteiger partial charge in [-0.15, -0.1) is 0 Å². The maximum atomic E-state index is 9.79. The fourth-order valence-electron chi connectivity index (χ4n) is 2.09. The average molecular weight is 228 g/mol. The standard InChI is InChI=1S/C15H32O/c1-4-6-7-8-9-10-11-12-15(16)13-14(3)5-2/h14-16H,4-13H2,1-3H3. The van der Waals surface area contributed by atoms with E-state index in [9.17, 15) is 5.11 Å². The molecule has 0 aromatic heterocycles. The van der Waals surface area contributed by atoms with E-state index in [1.165, 1.54) is 51.4 Å². The molecule has 2 unspecified atom stereocenters. The maximum Gasteiger partial charge on any atom is 0.0542 e. The van der Waals surface area contributed by atoms with Gasteiger partial charge in [-0.3, -0.25) is 0 Å². The number of aliphatic hydroxyl groups is 1. The van der Waals surface area contributed by atoms with Crippen molar-refractivity contribution in [2.45, 2.75) is 91.1 Å². The second-order valence-electron chi connectivity index (χ2n) is 5.31. The summed E-state index contributed by atoms with van der Waals surface area (Å²) in [6, 6.07) is 0. The average Bonchev–Trinajstić information content (AvgIpc) is 2.27. The van der Waals surface area contributed by atoms with Crippen molar-refractivity contribution in [3.63, 3.8) is 0 Å². The van der Waals surface area contributed by atoms with E-state index >= 15 is 0 Å². The van der Waals surface area contributed by atoms with Gasteiger partial charge in [0.25, 0.3) is 0 Å². The van der Waals surface area contributed by atoms with Crippen LogP contribution in [0.5, 0.6) is 0 Å². The van der Waals surface area contributed by atoms with Gasteiger partial charge in [-0.25, -0.2) is 0 Å². The Morgan fingerprint density at radius 3 is 2.00 bits per heavy atom. The van der Waals surface area contributed by atoms with Gasteiger partial charge in [-0.1, -0.05) is 72.1 Å². The maximum absolute atomic E-state index is 9.79. The highest BCUT2D eigenvalue weighted by atomic mass is 16.3. The minimum atomic E-state index is -0.0504. The number of aliphatic hydroxyl groups excluding tert-OH is 1. The topological polar surface area (TPSA) is 20.2 Å². The van der Waals surface area contributed by atoms with E-state index in [-0.39, 0.29) is 6.10 Å². The molecule has 0 saturated heterocycles. The van der Waals surface area contributed by atoms with Gasteiger partial charge >= 0.3 is 0 Å². The number of hydrogen-bond acceptors (Lipinski definition) is 1. The third kappa shape index (κ3) is 10.5. The lowest BCUT2D eigenvalue weighted by Crippen LogP contribution is -2.11. The molecule has 98 valence electrons. The molecule has 0 aromatic carbocycles. The summed E-state index contributed by atoms with van der Waals surface area (Å²) in [6.45, 7) is 6.68. The molecule has 0 saturated carbocycles. The van der Waals surface area contributed by atoms with Gasteiger partial charge in [0, 0.05) is 0 Å². The summed E-state index contributed by atoms with van der Waals surface area (Å²) in [7, 11) is 0. The van der Waals surface area contributed by atoms with E-state index in [1.807, 2.05) is 0 Å². The van der Waals surface area contributed by atoms with Gasteiger partial charge in [0.1, 0.15) is 0 Å². The smallest absolute Gasteiger partial charge is 0.0542 e. The first-order valence-corrected chi connectivity index (χ1v) is 7.38. The number of rotatable bonds is 11. The van der Waals surface area contributed by atoms with Crippen molar-refractivity contribution in [1.82, 2.24) is 0 Å². The molecule has 0 fully saturated rings. The summed E-state index contributed by atoms with van der Waals surface area (Å²) in [5.41, 5.74) is 0. The minimum absolute atomic E-state index is 0.0504. The summed E-state index contributed by atoms with van der Waals surface area (Å²) in [5, 5.41) is 9.79. The predicted molar refractivity (Wildman–Crippen MR) is 72.7 cm³/mol. The highest BCUT2D eigenvalue weighted by Gasteiger charge is 2.08. The van der Waals surface area contributed by atoms with Crippen LogP contribution in [-0.2, 0) is 0 Å². The Bertz CT molecular complexity index is 133. The highest BCUT2D eigenvalue weighted by Crippen LogP contribution is 2.15. The lowest BCUT2D eigenvalue weighted by atomic mass is 9.97. The molecule has 0 rings (SSSR count). The lowest BCUT2D eigenvalue weighted by molar-refractivity contribution is 0.132. The van der Waals surface area contributed by atoms with Gasteiger partial charge in [-0.2, -0.15) is 0 Å². The van der Waals surface area contributed by atoms with E-state index in [0.29, 0.717) is 5.92 Å². The molecule has 1 nitrogen and oxygen atoms in total. The SMILES string of the molecule is CCCCCCCCCC(O)CC(C)CC. The van der Waals surface area contributed by atoms with Crippen LogP contribution in [0.25, 0.3) is 0 Å². The van der Waals surface area contributed by atoms with Crippen LogP contribution in [0.3, 0.4) is 0 Å². The molecule has 0 aromatic rings. The number of hydrogen-bond donors (Lipinski definition) is 1. The monoisotopic (exact) mass is 228 g/mol. The van der Waals surface area contributed by atoms with E-state index in [1.54, 1.807) is 0 Å². The number of unbranched alkanes of at least 4 members (excludes halogenated alkanes) is 6. The first-order chi connectivity index (χ1) is 7.70. The van der Waals surface area contributed by atoms with Gasteiger partial charge in [0.15, 0.2) is 0 Å². The first kappa shape index (κ1) is 16.0. The second kappa shape index (κ2) is 11.4. The van der Waals surface area contributed by atoms with Crippen LogP contribution in [0.1, 0.15) is 85.0 Å². The molecule has 2 atom stereocenters. The van der Waals surface area contributed by atoms with Gasteiger partial charge in [-0.05, 0) is 18.8 Å². The molecule has 0 aliphatic rings. The van der Waals surface area contributed by atoms with Gasteiger partial charge < -0.3 is 5.11 Å². The predicted octanol–water partition coefficient (Wildman–Crippen LogP) is 4.92. The van der Waals surface area contributed by atoms with Crippen molar-refractivity contribution in [1.29, 1.82) is 0 Å². The second-order valence-corrected chi connectivity index (χ2v) is 5.31. The third-order valence-corrected chi connectivity index (χ3v) is 3.51. The van der Waals surface area contributed by atoms with Crippen molar-refractivity contribution in [3.8, 4) is 0 Å². The van der Waals surface area contributed by atoms with Crippen LogP contribution in [0.4, 0.5) is 0 Å². The zero-order valence-electron chi connectivity index (χ0n) is 11.7. The summed E-state index contributed by atoms with van der Waals surface area (Å²) >= 11 is 0. The van der Waals surface area contributed by atoms with Gasteiger partial charge in [0.05, 0.1) is 6.10 Å². The fourth-order valence-corrected chi connectivity index (χ4v) is 2.09. The molecule has 0 bridgehead atoms. The van der Waals surface area contributed by atoms with Crippen LogP contribution in [0.2, 0.25) is 0 Å². The Balaban J connectivity index is 3.18. The molecule has 0 aliphatic carbocycles. The normalized spacial score (nSPS) is 15.0. The Labute approximate surface area is 103 Å². The quantitative estimate of drug-likeness (QED) is 0.497. The summed E-state index contributed by atoms with van der Waals surface area (Å²) in [6.07, 6.45) is 12.5. The first-order valence-electron chi connectivity index (χ1n) is 7.38. The van der Waals surface area contributed by atoms with Crippen LogP contribution in [0, 0.1) is 5.92 Å². The van der Waals surface area contributed by atoms with Crippen molar-refractivity contribution in [2.24, 2.45) is 5.92 Å². The molecule has 0 aliphatic heterocycles. The van der Waals surface area contributed by atoms with Crippen LogP contribution < -0.4 is 0 Å². The van der Waals surface area contributed by atoms with Crippen molar-refractivity contribution in [3.05, 3.63) is 0 Å². The van der Waals surface area contributed by atoms with Crippen molar-refractivity contribution >= 4 is 0 Å². The zero-order valence-corrected chi connectivity index (χ0v) is 11.7. The van der Waals surface area contributed by atoms with Gasteiger partial charge in [0.2, 0.25) is 0 Å². The Morgan fingerprint density at radius 1 is 0.875 bits per heavy atom. The largest absolute Gasteiger partial charge is 0.393 e. The van der Waals surface area contributed by atoms with Crippen LogP contribution in [0.15, 0.2) is 0 Å². The Kier molecular flexibility index (Phi) is 11.4. The van der Waals surface area contributed by atoms with E-state index in [0.717, 1.165) is 12.8 Å². The van der Waals surface area contributed by atoms with Crippen LogP contribution >= 0.6 is 0 Å². The Hall–Kier alpha value is -0.0400. The summed E-state index contributed by atoms with van der Waals surface area (Å²) in [5.74, 6) is 0.680. The van der Waals surface area contributed by atoms with E-state index in [4.69, 9.17) is 0 Å². The van der Waals surface area contributed by atoms with E-state index < -0.39 is 0 Å². The molecule has 1 N–H and O–H groups in total. The van der Waals surface area contributed by atoms with E-state index in [2.05, 4.69) is 20.8 Å². The molecule has 16 heavy (non-hydrogen) atoms. The van der Waals surface area contributed by atoms with Crippen LogP contribution in [-0.4, -0.2) is 11.2 Å². The molecule has 1 heteroatoms. The molecule has 0 heterocycles. The molecule has 0 spiro atoms. The minimum Gasteiger partial charge on any atom is -0.393 e. The molecular weight excluding hydrogens is 196 g/mol. The van der Waals surface area contributed by atoms with Crippen molar-refractivity contribution in [2.75, 3.05) is 0 Å².